The molecule has 3 aliphatic carbocycles. The Kier molecular flexibility index (Phi) is 5.40. The molecule has 3 saturated carbocycles. The molecule has 1 aromatic carbocycles. The van der Waals surface area contributed by atoms with Gasteiger partial charge in [0, 0.05) is 17.2 Å². The number of ether oxygens (including phenoxy) is 1. The average molecular weight is 537 g/mol. The van der Waals surface area contributed by atoms with Crippen LogP contribution in [-0.4, -0.2) is 50.2 Å². The van der Waals surface area contributed by atoms with E-state index in [0.29, 0.717) is 11.2 Å². The van der Waals surface area contributed by atoms with Crippen molar-refractivity contribution in [3.05, 3.63) is 47.9 Å². The van der Waals surface area contributed by atoms with Gasteiger partial charge in [-0.15, -0.1) is 10.2 Å². The Hall–Kier alpha value is -3.47. The van der Waals surface area contributed by atoms with Crippen LogP contribution in [0.2, 0.25) is 0 Å². The zero-order valence-corrected chi connectivity index (χ0v) is 22.9. The number of alkyl carbamates (subject to hydrolysis) is 1. The Balaban J connectivity index is 1.41. The summed E-state index contributed by atoms with van der Waals surface area (Å²) < 4.78 is 35.0. The van der Waals surface area contributed by atoms with Gasteiger partial charge in [0.05, 0.1) is 10.4 Å². The molecule has 3 aromatic heterocycles. The van der Waals surface area contributed by atoms with Crippen LogP contribution in [0.4, 0.5) is 4.79 Å². The van der Waals surface area contributed by atoms with Gasteiger partial charge >= 0.3 is 6.09 Å². The molecule has 38 heavy (non-hydrogen) atoms. The molecule has 2 bridgehead atoms. The number of aromatic amines is 1. The second-order valence-electron chi connectivity index (χ2n) is 11.8. The van der Waals surface area contributed by atoms with Crippen LogP contribution in [0.15, 0.2) is 46.5 Å². The molecular weight excluding hydrogens is 504 g/mol. The van der Waals surface area contributed by atoms with E-state index in [1.807, 2.05) is 37.3 Å². The predicted molar refractivity (Wildman–Crippen MR) is 141 cm³/mol. The molecule has 0 radical (unpaired) electrons. The molecule has 1 amide bonds. The Bertz CT molecular complexity index is 1660. The van der Waals surface area contributed by atoms with E-state index < -0.39 is 15.4 Å². The van der Waals surface area contributed by atoms with Crippen LogP contribution < -0.4 is 5.32 Å². The van der Waals surface area contributed by atoms with E-state index in [9.17, 15) is 13.2 Å². The molecule has 0 spiro atoms. The number of carbonyl (C=O) groups is 1. The number of aryl methyl sites for hydroxylation is 1. The van der Waals surface area contributed by atoms with Crippen molar-refractivity contribution in [1.29, 1.82) is 0 Å². The number of hydrogen-bond donors (Lipinski definition) is 2. The first-order valence-electron chi connectivity index (χ1n) is 13.0. The molecule has 10 nitrogen and oxygen atoms in total. The third kappa shape index (κ3) is 3.86. The number of H-pyrrole nitrogens is 1. The topological polar surface area (TPSA) is 131 Å². The van der Waals surface area contributed by atoms with Gasteiger partial charge < -0.3 is 15.0 Å². The Morgan fingerprint density at radius 2 is 1.74 bits per heavy atom. The number of nitrogens with zero attached hydrogens (tertiary/aromatic N) is 4. The molecule has 7 rings (SSSR count). The van der Waals surface area contributed by atoms with Crippen molar-refractivity contribution in [3.8, 4) is 0 Å². The van der Waals surface area contributed by atoms with E-state index in [-0.39, 0.29) is 32.6 Å². The molecule has 0 unspecified atom stereocenters. The van der Waals surface area contributed by atoms with Crippen LogP contribution in [0.5, 0.6) is 0 Å². The van der Waals surface area contributed by atoms with Crippen LogP contribution >= 0.6 is 0 Å². The normalized spacial score (nSPS) is 23.7. The van der Waals surface area contributed by atoms with Crippen molar-refractivity contribution in [3.63, 3.8) is 0 Å². The lowest BCUT2D eigenvalue weighted by molar-refractivity contribution is 0.0246. The lowest BCUT2D eigenvalue weighted by Crippen LogP contribution is -2.58. The van der Waals surface area contributed by atoms with Gasteiger partial charge in [0.1, 0.15) is 11.4 Å². The highest BCUT2D eigenvalue weighted by Gasteiger charge is 2.52. The number of nitrogens with one attached hydrogen (secondary N) is 2. The SMILES string of the molecule is Cc1ccccc1S(=O)(=O)c1nc2[nH]ccc2n2c(C34CCC(NC(=O)OC(C)(C)C)(CC3)CC4)nnc12. The van der Waals surface area contributed by atoms with Gasteiger partial charge in [-0.05, 0) is 83.9 Å². The smallest absolute Gasteiger partial charge is 0.408 e. The van der Waals surface area contributed by atoms with Crippen LogP contribution in [0, 0.1) is 6.92 Å². The summed E-state index contributed by atoms with van der Waals surface area (Å²) in [5.74, 6) is 0.756. The number of aromatic nitrogens is 5. The summed E-state index contributed by atoms with van der Waals surface area (Å²) >= 11 is 0. The first-order valence-corrected chi connectivity index (χ1v) is 14.5. The predicted octanol–water partition coefficient (Wildman–Crippen LogP) is 4.62. The van der Waals surface area contributed by atoms with E-state index in [0.717, 1.165) is 49.9 Å². The van der Waals surface area contributed by atoms with Gasteiger partial charge in [0.25, 0.3) is 0 Å². The van der Waals surface area contributed by atoms with Crippen molar-refractivity contribution in [1.82, 2.24) is 29.9 Å². The summed E-state index contributed by atoms with van der Waals surface area (Å²) in [6.07, 6.45) is 6.14. The van der Waals surface area contributed by atoms with Crippen LogP contribution in [-0.2, 0) is 20.0 Å². The zero-order valence-electron chi connectivity index (χ0n) is 22.0. The Labute approximate surface area is 221 Å². The van der Waals surface area contributed by atoms with Crippen LogP contribution in [0.25, 0.3) is 16.8 Å². The maximum Gasteiger partial charge on any atom is 0.408 e. The molecule has 4 aromatic rings. The van der Waals surface area contributed by atoms with E-state index in [1.165, 1.54) is 0 Å². The number of hydrogen-bond acceptors (Lipinski definition) is 7. The molecule has 0 aliphatic heterocycles. The number of rotatable bonds is 4. The van der Waals surface area contributed by atoms with Gasteiger partial charge in [-0.1, -0.05) is 18.2 Å². The molecule has 0 saturated heterocycles. The largest absolute Gasteiger partial charge is 0.444 e. The molecular formula is C27H32N6O4S. The van der Waals surface area contributed by atoms with E-state index in [4.69, 9.17) is 4.74 Å². The number of fused-ring (bicyclic) bond motifs is 6. The number of carbonyl (C=O) groups excluding carboxylic acids is 1. The van der Waals surface area contributed by atoms with Gasteiger partial charge in [-0.2, -0.15) is 0 Å². The van der Waals surface area contributed by atoms with Gasteiger partial charge in [0.2, 0.25) is 14.9 Å². The monoisotopic (exact) mass is 536 g/mol. The first kappa shape index (κ1) is 24.8. The maximum absolute atomic E-state index is 13.8. The first-order chi connectivity index (χ1) is 17.9. The summed E-state index contributed by atoms with van der Waals surface area (Å²) in [4.78, 5) is 20.4. The number of sulfone groups is 1. The second kappa shape index (κ2) is 8.26. The lowest BCUT2D eigenvalue weighted by Gasteiger charge is -2.52. The number of amides is 1. The highest BCUT2D eigenvalue weighted by Crippen LogP contribution is 2.53. The molecule has 2 N–H and O–H groups in total. The highest BCUT2D eigenvalue weighted by atomic mass is 32.2. The minimum absolute atomic E-state index is 0.107. The Morgan fingerprint density at radius 3 is 2.39 bits per heavy atom. The van der Waals surface area contributed by atoms with E-state index in [2.05, 4.69) is 25.5 Å². The summed E-state index contributed by atoms with van der Waals surface area (Å²) in [7, 11) is -3.95. The summed E-state index contributed by atoms with van der Waals surface area (Å²) in [6.45, 7) is 7.35. The lowest BCUT2D eigenvalue weighted by atomic mass is 9.57. The zero-order chi connectivity index (χ0) is 26.9. The fraction of sp³-hybridized carbons (Fsp3) is 0.481. The Morgan fingerprint density at radius 1 is 1.05 bits per heavy atom. The average Bonchev–Trinajstić information content (AvgIpc) is 3.50. The maximum atomic E-state index is 13.8. The summed E-state index contributed by atoms with van der Waals surface area (Å²) in [5.41, 5.74) is 0.966. The third-order valence-electron chi connectivity index (χ3n) is 8.14. The van der Waals surface area contributed by atoms with Gasteiger partial charge in [0.15, 0.2) is 11.3 Å². The summed E-state index contributed by atoms with van der Waals surface area (Å²) in [5, 5.41) is 12.1. The van der Waals surface area contributed by atoms with E-state index >= 15 is 0 Å². The third-order valence-corrected chi connectivity index (χ3v) is 9.96. The van der Waals surface area contributed by atoms with Crippen molar-refractivity contribution >= 4 is 32.7 Å². The standard InChI is InChI=1S/C27H32N6O4S/c1-17-7-5-6-8-19(17)38(35,36)22-21-31-32-23(33(21)18-9-16-28-20(18)29-22)26-10-13-27(14-11-26,15-12-26)30-24(34)37-25(2,3)4/h5-9,16,28H,10-15H2,1-4H3,(H,30,34). The van der Waals surface area contributed by atoms with Crippen molar-refractivity contribution < 1.29 is 17.9 Å². The van der Waals surface area contributed by atoms with E-state index in [1.54, 1.807) is 31.3 Å². The molecule has 11 heteroatoms. The minimum Gasteiger partial charge on any atom is -0.444 e. The fourth-order valence-electron chi connectivity index (χ4n) is 6.14. The molecule has 0 atom stereocenters. The van der Waals surface area contributed by atoms with Crippen molar-refractivity contribution in [2.45, 2.75) is 92.7 Å². The van der Waals surface area contributed by atoms with Gasteiger partial charge in [-0.25, -0.2) is 18.2 Å². The summed E-state index contributed by atoms with van der Waals surface area (Å²) in [6, 6.07) is 8.76. The highest BCUT2D eigenvalue weighted by molar-refractivity contribution is 7.91. The molecule has 3 aliphatic rings. The second-order valence-corrected chi connectivity index (χ2v) is 13.6. The number of benzene rings is 1. The molecule has 3 fully saturated rings. The van der Waals surface area contributed by atoms with Gasteiger partial charge in [-0.3, -0.25) is 4.40 Å². The van der Waals surface area contributed by atoms with Crippen molar-refractivity contribution in [2.75, 3.05) is 0 Å². The quantitative estimate of drug-likeness (QED) is 0.389. The molecule has 200 valence electrons. The van der Waals surface area contributed by atoms with Crippen LogP contribution in [0.1, 0.15) is 70.7 Å². The minimum atomic E-state index is -3.95. The fourth-order valence-corrected chi connectivity index (χ4v) is 7.68. The van der Waals surface area contributed by atoms with Crippen molar-refractivity contribution in [2.24, 2.45) is 0 Å². The van der Waals surface area contributed by atoms with Crippen LogP contribution in [0.3, 0.4) is 0 Å². The molecule has 3 heterocycles.